The SMILES string of the molecule is Nc1[nH]cc(Br)c(=O)c1Br. The monoisotopic (exact) mass is 266 g/mol. The van der Waals surface area contributed by atoms with Gasteiger partial charge in [-0.2, -0.15) is 0 Å². The lowest BCUT2D eigenvalue weighted by atomic mass is 10.4. The molecule has 0 aromatic carbocycles. The summed E-state index contributed by atoms with van der Waals surface area (Å²) < 4.78 is 0.829. The van der Waals surface area contributed by atoms with E-state index in [4.69, 9.17) is 5.73 Å². The average molecular weight is 268 g/mol. The van der Waals surface area contributed by atoms with Gasteiger partial charge in [0.1, 0.15) is 10.3 Å². The summed E-state index contributed by atoms with van der Waals surface area (Å²) >= 11 is 6.08. The van der Waals surface area contributed by atoms with Crippen LogP contribution in [0.25, 0.3) is 0 Å². The molecule has 0 aliphatic carbocycles. The highest BCUT2D eigenvalue weighted by molar-refractivity contribution is 9.11. The highest BCUT2D eigenvalue weighted by Gasteiger charge is 2.02. The molecule has 1 heterocycles. The van der Waals surface area contributed by atoms with Gasteiger partial charge in [-0.15, -0.1) is 0 Å². The van der Waals surface area contributed by atoms with E-state index < -0.39 is 0 Å². The van der Waals surface area contributed by atoms with Crippen LogP contribution in [0.15, 0.2) is 19.9 Å². The average Bonchev–Trinajstić information content (AvgIpc) is 1.93. The number of hydrogen-bond acceptors (Lipinski definition) is 2. The Kier molecular flexibility index (Phi) is 2.15. The maximum absolute atomic E-state index is 11.0. The molecule has 0 atom stereocenters. The van der Waals surface area contributed by atoms with Crippen LogP contribution >= 0.6 is 31.9 Å². The second-order valence-electron chi connectivity index (χ2n) is 1.69. The van der Waals surface area contributed by atoms with Gasteiger partial charge in [0.15, 0.2) is 0 Å². The first kappa shape index (κ1) is 7.81. The topological polar surface area (TPSA) is 58.9 Å². The van der Waals surface area contributed by atoms with Crippen molar-refractivity contribution in [1.29, 1.82) is 0 Å². The Morgan fingerprint density at radius 3 is 2.60 bits per heavy atom. The summed E-state index contributed by atoms with van der Waals surface area (Å²) in [6.45, 7) is 0. The van der Waals surface area contributed by atoms with Gasteiger partial charge in [-0.3, -0.25) is 4.79 Å². The second-order valence-corrected chi connectivity index (χ2v) is 3.34. The molecule has 0 amide bonds. The van der Waals surface area contributed by atoms with Gasteiger partial charge in [0.2, 0.25) is 5.43 Å². The molecule has 0 radical (unpaired) electrons. The molecule has 0 unspecified atom stereocenters. The molecular weight excluding hydrogens is 264 g/mol. The van der Waals surface area contributed by atoms with Crippen molar-refractivity contribution in [2.75, 3.05) is 5.73 Å². The summed E-state index contributed by atoms with van der Waals surface area (Å²) in [6, 6.07) is 0. The van der Waals surface area contributed by atoms with Crippen LogP contribution in [0.5, 0.6) is 0 Å². The van der Waals surface area contributed by atoms with Gasteiger partial charge in [-0.05, 0) is 31.9 Å². The van der Waals surface area contributed by atoms with E-state index in [-0.39, 0.29) is 5.43 Å². The van der Waals surface area contributed by atoms with Crippen LogP contribution in [0.2, 0.25) is 0 Å². The highest BCUT2D eigenvalue weighted by Crippen LogP contribution is 2.13. The Balaban J connectivity index is 3.50. The molecule has 1 rings (SSSR count). The summed E-state index contributed by atoms with van der Waals surface area (Å²) in [7, 11) is 0. The molecule has 0 saturated carbocycles. The zero-order chi connectivity index (χ0) is 7.72. The minimum Gasteiger partial charge on any atom is -0.384 e. The molecule has 0 bridgehead atoms. The summed E-state index contributed by atoms with van der Waals surface area (Å²) in [5.41, 5.74) is 5.22. The first-order chi connectivity index (χ1) is 4.63. The molecule has 3 nitrogen and oxygen atoms in total. The summed E-state index contributed by atoms with van der Waals surface area (Å²) in [5, 5.41) is 0. The minimum absolute atomic E-state index is 0.142. The summed E-state index contributed by atoms with van der Waals surface area (Å²) in [6.07, 6.45) is 1.50. The normalized spacial score (nSPS) is 9.80. The Hall–Kier alpha value is -0.290. The van der Waals surface area contributed by atoms with Gasteiger partial charge in [-0.1, -0.05) is 0 Å². The van der Waals surface area contributed by atoms with E-state index >= 15 is 0 Å². The van der Waals surface area contributed by atoms with E-state index in [1.54, 1.807) is 0 Å². The van der Waals surface area contributed by atoms with Crippen LogP contribution in [0.3, 0.4) is 0 Å². The molecule has 0 fully saturated rings. The Bertz CT molecular complexity index is 307. The third-order valence-electron chi connectivity index (χ3n) is 1.01. The van der Waals surface area contributed by atoms with Gasteiger partial charge in [0.25, 0.3) is 0 Å². The van der Waals surface area contributed by atoms with Crippen molar-refractivity contribution >= 4 is 37.7 Å². The van der Waals surface area contributed by atoms with Gasteiger partial charge < -0.3 is 10.7 Å². The lowest BCUT2D eigenvalue weighted by molar-refractivity contribution is 1.27. The minimum atomic E-state index is -0.142. The van der Waals surface area contributed by atoms with Crippen LogP contribution in [0.4, 0.5) is 5.82 Å². The fourth-order valence-corrected chi connectivity index (χ4v) is 1.40. The van der Waals surface area contributed by atoms with Crippen molar-refractivity contribution in [2.24, 2.45) is 0 Å². The summed E-state index contributed by atoms with van der Waals surface area (Å²) in [4.78, 5) is 13.7. The number of anilines is 1. The standard InChI is InChI=1S/C5H4Br2N2O/c6-2-1-9-5(8)3(7)4(2)10/h1H,(H3,8,9,10). The summed E-state index contributed by atoms with van der Waals surface area (Å²) in [5.74, 6) is 0.341. The molecule has 54 valence electrons. The lowest BCUT2D eigenvalue weighted by Crippen LogP contribution is -2.07. The first-order valence-electron chi connectivity index (χ1n) is 2.45. The quantitative estimate of drug-likeness (QED) is 0.748. The fraction of sp³-hybridized carbons (Fsp3) is 0. The molecule has 0 aliphatic rings. The molecule has 3 N–H and O–H groups in total. The van der Waals surface area contributed by atoms with Crippen LogP contribution in [0.1, 0.15) is 0 Å². The van der Waals surface area contributed by atoms with Gasteiger partial charge in [0.05, 0.1) is 4.47 Å². The number of hydrogen-bond donors (Lipinski definition) is 2. The van der Waals surface area contributed by atoms with E-state index in [1.165, 1.54) is 6.20 Å². The number of nitrogen functional groups attached to an aromatic ring is 1. The molecule has 1 aromatic heterocycles. The number of aromatic amines is 1. The lowest BCUT2D eigenvalue weighted by Gasteiger charge is -1.95. The maximum Gasteiger partial charge on any atom is 0.212 e. The molecule has 5 heteroatoms. The largest absolute Gasteiger partial charge is 0.384 e. The van der Waals surface area contributed by atoms with Gasteiger partial charge in [0, 0.05) is 6.20 Å². The number of H-pyrrole nitrogens is 1. The maximum atomic E-state index is 11.0. The smallest absolute Gasteiger partial charge is 0.212 e. The molecule has 0 aliphatic heterocycles. The number of nitrogens with two attached hydrogens (primary N) is 1. The van der Waals surface area contributed by atoms with Crippen LogP contribution in [-0.2, 0) is 0 Å². The van der Waals surface area contributed by atoms with Crippen molar-refractivity contribution < 1.29 is 0 Å². The third kappa shape index (κ3) is 1.24. The number of pyridine rings is 1. The predicted molar refractivity (Wildman–Crippen MR) is 46.9 cm³/mol. The molecule has 0 spiro atoms. The van der Waals surface area contributed by atoms with E-state index in [0.717, 1.165) is 0 Å². The number of aromatic nitrogens is 1. The molecule has 10 heavy (non-hydrogen) atoms. The Morgan fingerprint density at radius 2 is 2.10 bits per heavy atom. The van der Waals surface area contributed by atoms with E-state index in [0.29, 0.717) is 14.8 Å². The van der Waals surface area contributed by atoms with Crippen LogP contribution < -0.4 is 11.2 Å². The number of rotatable bonds is 0. The third-order valence-corrected chi connectivity index (χ3v) is 2.38. The van der Waals surface area contributed by atoms with E-state index in [2.05, 4.69) is 36.8 Å². The Morgan fingerprint density at radius 1 is 1.50 bits per heavy atom. The van der Waals surface area contributed by atoms with Crippen LogP contribution in [0, 0.1) is 0 Å². The van der Waals surface area contributed by atoms with Crippen molar-refractivity contribution in [3.05, 3.63) is 25.4 Å². The molecule has 0 saturated heterocycles. The van der Waals surface area contributed by atoms with Gasteiger partial charge >= 0.3 is 0 Å². The van der Waals surface area contributed by atoms with Crippen molar-refractivity contribution in [2.45, 2.75) is 0 Å². The van der Waals surface area contributed by atoms with Crippen molar-refractivity contribution in [3.63, 3.8) is 0 Å². The highest BCUT2D eigenvalue weighted by atomic mass is 79.9. The zero-order valence-electron chi connectivity index (χ0n) is 4.82. The van der Waals surface area contributed by atoms with Gasteiger partial charge in [-0.25, -0.2) is 0 Å². The van der Waals surface area contributed by atoms with Crippen LogP contribution in [-0.4, -0.2) is 4.98 Å². The van der Waals surface area contributed by atoms with Crippen molar-refractivity contribution in [3.8, 4) is 0 Å². The predicted octanol–water partition coefficient (Wildman–Crippen LogP) is 1.48. The number of halogens is 2. The molecular formula is C5H4Br2N2O. The van der Waals surface area contributed by atoms with Crippen molar-refractivity contribution in [1.82, 2.24) is 4.98 Å². The fourth-order valence-electron chi connectivity index (χ4n) is 0.497. The first-order valence-corrected chi connectivity index (χ1v) is 4.03. The second kappa shape index (κ2) is 2.75. The molecule has 1 aromatic rings. The number of nitrogens with one attached hydrogen (secondary N) is 1. The van der Waals surface area contributed by atoms with E-state index in [1.807, 2.05) is 0 Å². The zero-order valence-corrected chi connectivity index (χ0v) is 7.99. The Labute approximate surface area is 73.9 Å². The van der Waals surface area contributed by atoms with E-state index in [9.17, 15) is 4.79 Å².